The van der Waals surface area contributed by atoms with E-state index in [4.69, 9.17) is 32.7 Å². The van der Waals surface area contributed by atoms with Crippen molar-refractivity contribution in [1.29, 1.82) is 0 Å². The van der Waals surface area contributed by atoms with E-state index in [0.717, 1.165) is 11.6 Å². The molecule has 0 atom stereocenters. The number of nitrogens with one attached hydrogen (secondary N) is 1. The Morgan fingerprint density at radius 2 is 1.89 bits per heavy atom. The number of nitrogens with zero attached hydrogens (tertiary/aromatic N) is 2. The molecule has 9 heteroatoms. The van der Waals surface area contributed by atoms with E-state index >= 15 is 0 Å². The molecule has 0 aliphatic heterocycles. The first-order valence-electron chi connectivity index (χ1n) is 7.99. The summed E-state index contributed by atoms with van der Waals surface area (Å²) in [5.41, 5.74) is 1.25. The standard InChI is InChI=1S/C19H14Cl2FN3O3/c1-10-3-5-14(15(7-10)27-2)28-16-6-4-11(9-23-16)24-19(26)12-8-13(22)18(21)25-17(12)20/h3-9H,1-2H3,(H,24,26). The molecule has 0 aliphatic carbocycles. The number of benzene rings is 1. The van der Waals surface area contributed by atoms with Gasteiger partial charge in [-0.3, -0.25) is 4.79 Å². The molecular weight excluding hydrogens is 408 g/mol. The summed E-state index contributed by atoms with van der Waals surface area (Å²) >= 11 is 11.4. The van der Waals surface area contributed by atoms with Gasteiger partial charge in [-0.2, -0.15) is 0 Å². The lowest BCUT2D eigenvalue weighted by atomic mass is 10.2. The first-order valence-corrected chi connectivity index (χ1v) is 8.74. The quantitative estimate of drug-likeness (QED) is 0.566. The highest BCUT2D eigenvalue weighted by molar-refractivity contribution is 6.35. The van der Waals surface area contributed by atoms with Crippen molar-refractivity contribution >= 4 is 34.8 Å². The van der Waals surface area contributed by atoms with Crippen LogP contribution in [0.25, 0.3) is 0 Å². The average molecular weight is 422 g/mol. The smallest absolute Gasteiger partial charge is 0.258 e. The number of anilines is 1. The van der Waals surface area contributed by atoms with Gasteiger partial charge in [-0.25, -0.2) is 14.4 Å². The molecule has 0 saturated carbocycles. The largest absolute Gasteiger partial charge is 0.493 e. The van der Waals surface area contributed by atoms with Crippen LogP contribution in [0.1, 0.15) is 15.9 Å². The number of hydrogen-bond acceptors (Lipinski definition) is 5. The Balaban J connectivity index is 1.73. The molecule has 3 aromatic rings. The van der Waals surface area contributed by atoms with Crippen molar-refractivity contribution in [2.45, 2.75) is 6.92 Å². The Labute approximate surface area is 170 Å². The lowest BCUT2D eigenvalue weighted by molar-refractivity contribution is 0.102. The second-order valence-electron chi connectivity index (χ2n) is 5.69. The van der Waals surface area contributed by atoms with Crippen molar-refractivity contribution < 1.29 is 18.7 Å². The molecule has 1 aromatic carbocycles. The number of hydrogen-bond donors (Lipinski definition) is 1. The lowest BCUT2D eigenvalue weighted by Crippen LogP contribution is -2.13. The van der Waals surface area contributed by atoms with E-state index in [1.165, 1.54) is 6.20 Å². The second-order valence-corrected chi connectivity index (χ2v) is 6.41. The van der Waals surface area contributed by atoms with Crippen molar-refractivity contribution in [3.63, 3.8) is 0 Å². The van der Waals surface area contributed by atoms with E-state index in [-0.39, 0.29) is 10.7 Å². The summed E-state index contributed by atoms with van der Waals surface area (Å²) in [6.45, 7) is 1.94. The van der Waals surface area contributed by atoms with Crippen LogP contribution in [0.15, 0.2) is 42.6 Å². The number of methoxy groups -OCH3 is 1. The Hall–Kier alpha value is -2.90. The molecule has 0 bridgehead atoms. The molecular formula is C19H14Cl2FN3O3. The fraction of sp³-hybridized carbons (Fsp3) is 0.105. The highest BCUT2D eigenvalue weighted by Gasteiger charge is 2.16. The zero-order valence-corrected chi connectivity index (χ0v) is 16.3. The van der Waals surface area contributed by atoms with Crippen molar-refractivity contribution in [2.24, 2.45) is 0 Å². The molecule has 2 aromatic heterocycles. The van der Waals surface area contributed by atoms with Gasteiger partial charge in [0, 0.05) is 6.07 Å². The highest BCUT2D eigenvalue weighted by Crippen LogP contribution is 2.31. The lowest BCUT2D eigenvalue weighted by Gasteiger charge is -2.11. The Bertz CT molecular complexity index is 1030. The average Bonchev–Trinajstić information content (AvgIpc) is 2.67. The SMILES string of the molecule is COc1cc(C)ccc1Oc1ccc(NC(=O)c2cc(F)c(Cl)nc2Cl)cn1. The minimum atomic E-state index is -0.842. The van der Waals surface area contributed by atoms with Crippen LogP contribution in [0.2, 0.25) is 10.3 Å². The number of halogens is 3. The fourth-order valence-electron chi connectivity index (χ4n) is 2.29. The molecule has 6 nitrogen and oxygen atoms in total. The van der Waals surface area contributed by atoms with Gasteiger partial charge in [0.05, 0.1) is 24.6 Å². The van der Waals surface area contributed by atoms with E-state index in [0.29, 0.717) is 23.1 Å². The number of rotatable bonds is 5. The molecule has 28 heavy (non-hydrogen) atoms. The molecule has 0 spiro atoms. The summed E-state index contributed by atoms with van der Waals surface area (Å²) in [4.78, 5) is 20.0. The second kappa shape index (κ2) is 8.41. The minimum absolute atomic E-state index is 0.145. The van der Waals surface area contributed by atoms with Crippen LogP contribution in [-0.2, 0) is 0 Å². The van der Waals surface area contributed by atoms with Crippen LogP contribution in [0.5, 0.6) is 17.4 Å². The van der Waals surface area contributed by atoms with Crippen LogP contribution >= 0.6 is 23.2 Å². The van der Waals surface area contributed by atoms with Crippen LogP contribution in [0.4, 0.5) is 10.1 Å². The summed E-state index contributed by atoms with van der Waals surface area (Å²) in [7, 11) is 1.55. The van der Waals surface area contributed by atoms with E-state index in [1.807, 2.05) is 19.1 Å². The maximum Gasteiger partial charge on any atom is 0.258 e. The van der Waals surface area contributed by atoms with Gasteiger partial charge < -0.3 is 14.8 Å². The third-order valence-corrected chi connectivity index (χ3v) is 4.21. The molecule has 0 fully saturated rings. The van der Waals surface area contributed by atoms with Crippen molar-refractivity contribution in [3.8, 4) is 17.4 Å². The molecule has 1 N–H and O–H groups in total. The maximum absolute atomic E-state index is 13.5. The Morgan fingerprint density at radius 3 is 2.57 bits per heavy atom. The van der Waals surface area contributed by atoms with Gasteiger partial charge in [-0.15, -0.1) is 0 Å². The van der Waals surface area contributed by atoms with Crippen LogP contribution in [0, 0.1) is 12.7 Å². The maximum atomic E-state index is 13.5. The zero-order chi connectivity index (χ0) is 20.3. The fourth-order valence-corrected chi connectivity index (χ4v) is 2.70. The number of pyridine rings is 2. The van der Waals surface area contributed by atoms with Gasteiger partial charge in [0.25, 0.3) is 5.91 Å². The first-order chi connectivity index (χ1) is 13.4. The first kappa shape index (κ1) is 19.9. The summed E-state index contributed by atoms with van der Waals surface area (Å²) < 4.78 is 24.5. The number of aromatic nitrogens is 2. The van der Waals surface area contributed by atoms with Gasteiger partial charge >= 0.3 is 0 Å². The number of amides is 1. The summed E-state index contributed by atoms with van der Waals surface area (Å²) in [5, 5.41) is 1.94. The zero-order valence-electron chi connectivity index (χ0n) is 14.8. The van der Waals surface area contributed by atoms with Crippen molar-refractivity contribution in [2.75, 3.05) is 12.4 Å². The van der Waals surface area contributed by atoms with Crippen molar-refractivity contribution in [3.05, 3.63) is 69.8 Å². The van der Waals surface area contributed by atoms with Gasteiger partial charge in [0.1, 0.15) is 5.15 Å². The minimum Gasteiger partial charge on any atom is -0.493 e. The number of aryl methyl sites for hydroxylation is 1. The number of carbonyl (C=O) groups excluding carboxylic acids is 1. The van der Waals surface area contributed by atoms with Crippen molar-refractivity contribution in [1.82, 2.24) is 9.97 Å². The predicted octanol–water partition coefficient (Wildman–Crippen LogP) is 5.28. The molecule has 1 amide bonds. The predicted molar refractivity (Wildman–Crippen MR) is 104 cm³/mol. The van der Waals surface area contributed by atoms with E-state index < -0.39 is 16.9 Å². The van der Waals surface area contributed by atoms with Crippen LogP contribution in [-0.4, -0.2) is 23.0 Å². The molecule has 144 valence electrons. The Morgan fingerprint density at radius 1 is 1.11 bits per heavy atom. The van der Waals surface area contributed by atoms with Crippen LogP contribution < -0.4 is 14.8 Å². The van der Waals surface area contributed by atoms with Crippen LogP contribution in [0.3, 0.4) is 0 Å². The number of ether oxygens (including phenoxy) is 2. The number of carbonyl (C=O) groups is 1. The summed E-state index contributed by atoms with van der Waals surface area (Å²) in [6, 6.07) is 9.56. The van der Waals surface area contributed by atoms with Gasteiger partial charge in [0.2, 0.25) is 5.88 Å². The van der Waals surface area contributed by atoms with Gasteiger partial charge in [-0.1, -0.05) is 29.3 Å². The monoisotopic (exact) mass is 421 g/mol. The highest BCUT2D eigenvalue weighted by atomic mass is 35.5. The molecule has 0 radical (unpaired) electrons. The Kier molecular flexibility index (Phi) is 5.96. The van der Waals surface area contributed by atoms with Gasteiger partial charge in [0.15, 0.2) is 22.5 Å². The molecule has 3 rings (SSSR count). The normalized spacial score (nSPS) is 10.5. The van der Waals surface area contributed by atoms with E-state index in [1.54, 1.807) is 25.3 Å². The third kappa shape index (κ3) is 4.49. The summed E-state index contributed by atoms with van der Waals surface area (Å²) in [6.07, 6.45) is 1.39. The molecule has 0 saturated heterocycles. The van der Waals surface area contributed by atoms with Gasteiger partial charge in [-0.05, 0) is 36.8 Å². The molecule has 0 unspecified atom stereocenters. The van der Waals surface area contributed by atoms with E-state index in [2.05, 4.69) is 15.3 Å². The molecule has 0 aliphatic rings. The topological polar surface area (TPSA) is 73.3 Å². The summed E-state index contributed by atoms with van der Waals surface area (Å²) in [5.74, 6) is -0.107. The van der Waals surface area contributed by atoms with E-state index in [9.17, 15) is 9.18 Å². The molecule has 2 heterocycles. The third-order valence-electron chi connectivity index (χ3n) is 3.66.